The van der Waals surface area contributed by atoms with Gasteiger partial charge in [0.1, 0.15) is 0 Å². The van der Waals surface area contributed by atoms with Crippen LogP contribution in [-0.2, 0) is 9.53 Å². The lowest BCUT2D eigenvalue weighted by molar-refractivity contribution is -0.135. The fraction of sp³-hybridized carbons (Fsp3) is 0.917. The van der Waals surface area contributed by atoms with Crippen molar-refractivity contribution in [3.63, 3.8) is 0 Å². The Morgan fingerprint density at radius 2 is 2.19 bits per heavy atom. The van der Waals surface area contributed by atoms with Gasteiger partial charge in [0, 0.05) is 18.5 Å². The molecule has 0 aromatic heterocycles. The molecule has 1 saturated heterocycles. The smallest absolute Gasteiger partial charge is 0.239 e. The highest BCUT2D eigenvalue weighted by atomic mass is 16.5. The van der Waals surface area contributed by atoms with E-state index in [1.165, 1.54) is 19.3 Å². The quantitative estimate of drug-likeness (QED) is 0.718. The van der Waals surface area contributed by atoms with Crippen molar-refractivity contribution in [1.29, 1.82) is 0 Å². The minimum absolute atomic E-state index is 0.0856. The van der Waals surface area contributed by atoms with Crippen LogP contribution in [-0.4, -0.2) is 42.6 Å². The second-order valence-corrected chi connectivity index (χ2v) is 5.01. The van der Waals surface area contributed by atoms with Crippen LogP contribution in [0.25, 0.3) is 0 Å². The standard InChI is InChI=1S/C12H22N2O2/c1-9(13)12(15)14-6-7-16-8-10-4-2-3-5-11(10)14/h9-11H,2-8,13H2,1H3/t9-,10-,11-/m0/s1. The van der Waals surface area contributed by atoms with Crippen LogP contribution in [0.1, 0.15) is 32.6 Å². The first-order valence-electron chi connectivity index (χ1n) is 6.34. The van der Waals surface area contributed by atoms with Crippen LogP contribution >= 0.6 is 0 Å². The molecule has 1 aliphatic heterocycles. The zero-order valence-electron chi connectivity index (χ0n) is 10.0. The Morgan fingerprint density at radius 1 is 1.44 bits per heavy atom. The lowest BCUT2D eigenvalue weighted by Crippen LogP contribution is -2.51. The lowest BCUT2D eigenvalue weighted by atomic mass is 9.84. The van der Waals surface area contributed by atoms with Crippen LogP contribution in [0, 0.1) is 5.92 Å². The number of carbonyl (C=O) groups is 1. The van der Waals surface area contributed by atoms with Gasteiger partial charge in [-0.1, -0.05) is 12.8 Å². The summed E-state index contributed by atoms with van der Waals surface area (Å²) in [6.45, 7) is 3.95. The highest BCUT2D eigenvalue weighted by Crippen LogP contribution is 2.30. The summed E-state index contributed by atoms with van der Waals surface area (Å²) in [4.78, 5) is 14.0. The van der Waals surface area contributed by atoms with Crippen molar-refractivity contribution in [2.75, 3.05) is 19.8 Å². The number of hydrogen-bond donors (Lipinski definition) is 1. The van der Waals surface area contributed by atoms with Gasteiger partial charge < -0.3 is 15.4 Å². The van der Waals surface area contributed by atoms with Gasteiger partial charge in [-0.25, -0.2) is 0 Å². The molecule has 0 unspecified atom stereocenters. The van der Waals surface area contributed by atoms with Crippen molar-refractivity contribution >= 4 is 5.91 Å². The minimum Gasteiger partial charge on any atom is -0.379 e. The first-order chi connectivity index (χ1) is 7.70. The Hall–Kier alpha value is -0.610. The zero-order chi connectivity index (χ0) is 11.5. The number of amides is 1. The molecule has 1 aliphatic carbocycles. The molecule has 4 nitrogen and oxygen atoms in total. The van der Waals surface area contributed by atoms with E-state index in [1.807, 2.05) is 4.90 Å². The molecule has 1 amide bonds. The van der Waals surface area contributed by atoms with Crippen molar-refractivity contribution in [2.45, 2.75) is 44.7 Å². The number of nitrogens with zero attached hydrogens (tertiary/aromatic N) is 1. The first-order valence-corrected chi connectivity index (χ1v) is 6.34. The van der Waals surface area contributed by atoms with Gasteiger partial charge in [0.25, 0.3) is 0 Å². The fourth-order valence-corrected chi connectivity index (χ4v) is 2.89. The summed E-state index contributed by atoms with van der Waals surface area (Å²) in [5, 5.41) is 0. The molecule has 1 saturated carbocycles. The van der Waals surface area contributed by atoms with Crippen molar-refractivity contribution in [3.05, 3.63) is 0 Å². The molecular formula is C12H22N2O2. The third kappa shape index (κ3) is 2.38. The molecule has 2 aliphatic rings. The number of carbonyl (C=O) groups excluding carboxylic acids is 1. The predicted molar refractivity (Wildman–Crippen MR) is 61.9 cm³/mol. The monoisotopic (exact) mass is 226 g/mol. The van der Waals surface area contributed by atoms with E-state index in [9.17, 15) is 4.79 Å². The van der Waals surface area contributed by atoms with Gasteiger partial charge in [0.15, 0.2) is 0 Å². The highest BCUT2D eigenvalue weighted by molar-refractivity contribution is 5.81. The molecule has 2 fully saturated rings. The van der Waals surface area contributed by atoms with E-state index in [1.54, 1.807) is 6.92 Å². The highest BCUT2D eigenvalue weighted by Gasteiger charge is 2.35. The third-order valence-corrected chi connectivity index (χ3v) is 3.75. The van der Waals surface area contributed by atoms with Gasteiger partial charge in [-0.3, -0.25) is 4.79 Å². The van der Waals surface area contributed by atoms with Gasteiger partial charge >= 0.3 is 0 Å². The van der Waals surface area contributed by atoms with E-state index in [0.29, 0.717) is 25.1 Å². The molecule has 3 atom stereocenters. The SMILES string of the molecule is C[C@H](N)C(=O)N1CCOC[C@@H]2CCCC[C@@H]21. The van der Waals surface area contributed by atoms with E-state index in [0.717, 1.165) is 13.0 Å². The molecule has 0 aromatic carbocycles. The molecule has 2 rings (SSSR count). The Kier molecular flexibility index (Phi) is 3.82. The largest absolute Gasteiger partial charge is 0.379 e. The summed E-state index contributed by atoms with van der Waals surface area (Å²) in [5.74, 6) is 0.612. The Bertz CT molecular complexity index is 255. The molecule has 2 N–H and O–H groups in total. The first kappa shape index (κ1) is 11.9. The second-order valence-electron chi connectivity index (χ2n) is 5.01. The van der Waals surface area contributed by atoms with Crippen LogP contribution in [0.15, 0.2) is 0 Å². The Morgan fingerprint density at radius 3 is 2.94 bits per heavy atom. The van der Waals surface area contributed by atoms with Gasteiger partial charge in [-0.05, 0) is 19.8 Å². The van der Waals surface area contributed by atoms with Gasteiger partial charge in [0.05, 0.1) is 19.3 Å². The van der Waals surface area contributed by atoms with Gasteiger partial charge in [-0.15, -0.1) is 0 Å². The molecule has 92 valence electrons. The lowest BCUT2D eigenvalue weighted by Gasteiger charge is -2.38. The minimum atomic E-state index is -0.388. The predicted octanol–water partition coefficient (Wildman–Crippen LogP) is 0.751. The van der Waals surface area contributed by atoms with Gasteiger partial charge in [0.2, 0.25) is 5.91 Å². The van der Waals surface area contributed by atoms with Crippen LogP contribution < -0.4 is 5.73 Å². The molecule has 0 radical (unpaired) electrons. The topological polar surface area (TPSA) is 55.6 Å². The van der Waals surface area contributed by atoms with E-state index >= 15 is 0 Å². The van der Waals surface area contributed by atoms with Crippen LogP contribution in [0.3, 0.4) is 0 Å². The van der Waals surface area contributed by atoms with E-state index in [-0.39, 0.29) is 11.9 Å². The summed E-state index contributed by atoms with van der Waals surface area (Å²) in [7, 11) is 0. The average Bonchev–Trinajstić information content (AvgIpc) is 2.50. The summed E-state index contributed by atoms with van der Waals surface area (Å²) in [6, 6.07) is -0.0181. The fourth-order valence-electron chi connectivity index (χ4n) is 2.89. The maximum Gasteiger partial charge on any atom is 0.239 e. The summed E-state index contributed by atoms with van der Waals surface area (Å²) in [5.41, 5.74) is 5.71. The molecule has 0 aromatic rings. The van der Waals surface area contributed by atoms with Crippen molar-refractivity contribution < 1.29 is 9.53 Å². The molecular weight excluding hydrogens is 204 g/mol. The van der Waals surface area contributed by atoms with Crippen molar-refractivity contribution in [2.24, 2.45) is 11.7 Å². The van der Waals surface area contributed by atoms with Crippen LogP contribution in [0.5, 0.6) is 0 Å². The maximum absolute atomic E-state index is 12.1. The van der Waals surface area contributed by atoms with E-state index < -0.39 is 0 Å². The normalized spacial score (nSPS) is 32.8. The summed E-state index contributed by atoms with van der Waals surface area (Å²) < 4.78 is 5.59. The van der Waals surface area contributed by atoms with Crippen molar-refractivity contribution in [1.82, 2.24) is 4.90 Å². The molecule has 0 spiro atoms. The van der Waals surface area contributed by atoms with Crippen LogP contribution in [0.2, 0.25) is 0 Å². The Labute approximate surface area is 97.1 Å². The number of nitrogens with two attached hydrogens (primary N) is 1. The summed E-state index contributed by atoms with van der Waals surface area (Å²) in [6.07, 6.45) is 4.80. The number of ether oxygens (including phenoxy) is 1. The third-order valence-electron chi connectivity index (χ3n) is 3.75. The molecule has 0 bridgehead atoms. The van der Waals surface area contributed by atoms with Gasteiger partial charge in [-0.2, -0.15) is 0 Å². The van der Waals surface area contributed by atoms with E-state index in [2.05, 4.69) is 0 Å². The number of hydrogen-bond acceptors (Lipinski definition) is 3. The molecule has 1 heterocycles. The molecule has 4 heteroatoms. The number of fused-ring (bicyclic) bond motifs is 1. The second kappa shape index (κ2) is 5.15. The zero-order valence-corrected chi connectivity index (χ0v) is 10.0. The number of rotatable bonds is 1. The van der Waals surface area contributed by atoms with Crippen molar-refractivity contribution in [3.8, 4) is 0 Å². The Balaban J connectivity index is 2.11. The van der Waals surface area contributed by atoms with E-state index in [4.69, 9.17) is 10.5 Å². The average molecular weight is 226 g/mol. The maximum atomic E-state index is 12.1. The molecule has 16 heavy (non-hydrogen) atoms. The van der Waals surface area contributed by atoms with Crippen LogP contribution in [0.4, 0.5) is 0 Å². The summed E-state index contributed by atoms with van der Waals surface area (Å²) >= 11 is 0.